The third kappa shape index (κ3) is 3.54. The van der Waals surface area contributed by atoms with E-state index in [2.05, 4.69) is 0 Å². The van der Waals surface area contributed by atoms with E-state index in [1.54, 1.807) is 0 Å². The molecular weight excluding hydrogens is 294 g/mol. The Hall–Kier alpha value is 1.08. The molecule has 2 aliphatic heterocycles. The maximum absolute atomic E-state index is 5.60. The molecule has 0 radical (unpaired) electrons. The Bertz CT molecular complexity index is 156. The van der Waals surface area contributed by atoms with E-state index in [-0.39, 0.29) is 10.8 Å². The second-order valence-corrected chi connectivity index (χ2v) is 5.59. The van der Waals surface area contributed by atoms with Crippen molar-refractivity contribution >= 4 is 46.4 Å². The van der Waals surface area contributed by atoms with Crippen molar-refractivity contribution in [2.75, 3.05) is 49.9 Å². The van der Waals surface area contributed by atoms with E-state index in [0.717, 1.165) is 26.4 Å². The van der Waals surface area contributed by atoms with Crippen LogP contribution < -0.4 is 0 Å². The lowest BCUT2D eigenvalue weighted by atomic mass is 9.91. The summed E-state index contributed by atoms with van der Waals surface area (Å²) in [5, 5.41) is 0. The van der Waals surface area contributed by atoms with Gasteiger partial charge < -0.3 is 9.47 Å². The summed E-state index contributed by atoms with van der Waals surface area (Å²) in [6.45, 7) is 2.94. The fraction of sp³-hybridized carbons (Fsp3) is 1.00. The van der Waals surface area contributed by atoms with Crippen LogP contribution in [0.4, 0.5) is 0 Å². The first-order chi connectivity index (χ1) is 7.66. The lowest BCUT2D eigenvalue weighted by Gasteiger charge is -2.37. The van der Waals surface area contributed by atoms with Crippen LogP contribution in [-0.4, -0.2) is 49.9 Å². The van der Waals surface area contributed by atoms with Crippen LogP contribution in [0.2, 0.25) is 0 Å². The highest BCUT2D eigenvalue weighted by atomic mass is 35.5. The van der Waals surface area contributed by atoms with Crippen molar-refractivity contribution in [3.63, 3.8) is 0 Å². The van der Waals surface area contributed by atoms with Crippen molar-refractivity contribution in [1.29, 1.82) is 0 Å². The highest BCUT2D eigenvalue weighted by Crippen LogP contribution is 2.30. The third-order valence-corrected chi connectivity index (χ3v) is 5.03. The maximum atomic E-state index is 5.60. The zero-order valence-electron chi connectivity index (χ0n) is 8.99. The fourth-order valence-electron chi connectivity index (χ4n) is 1.16. The zero-order chi connectivity index (χ0) is 12.1. The Morgan fingerprint density at radius 2 is 0.875 bits per heavy atom. The molecule has 0 bridgehead atoms. The summed E-state index contributed by atoms with van der Waals surface area (Å²) in [4.78, 5) is 0. The van der Waals surface area contributed by atoms with Crippen molar-refractivity contribution in [2.24, 2.45) is 10.8 Å². The van der Waals surface area contributed by atoms with E-state index in [0.29, 0.717) is 23.5 Å². The van der Waals surface area contributed by atoms with Crippen LogP contribution >= 0.6 is 46.4 Å². The second kappa shape index (κ2) is 6.86. The molecule has 16 heavy (non-hydrogen) atoms. The quantitative estimate of drug-likeness (QED) is 0.743. The number of ether oxygens (including phenoxy) is 2. The molecular formula is C10H16Cl4O2. The van der Waals surface area contributed by atoms with E-state index in [4.69, 9.17) is 55.9 Å². The predicted octanol–water partition coefficient (Wildman–Crippen LogP) is 2.96. The van der Waals surface area contributed by atoms with Crippen LogP contribution in [0.1, 0.15) is 0 Å². The Kier molecular flexibility index (Phi) is 6.50. The normalized spacial score (nSPS) is 24.8. The Morgan fingerprint density at radius 3 is 0.875 bits per heavy atom. The molecule has 0 aromatic carbocycles. The lowest BCUT2D eigenvalue weighted by Crippen LogP contribution is -2.45. The molecule has 0 spiro atoms. The summed E-state index contributed by atoms with van der Waals surface area (Å²) >= 11 is 22.4. The zero-order valence-corrected chi connectivity index (χ0v) is 12.0. The highest BCUT2D eigenvalue weighted by Gasteiger charge is 2.37. The van der Waals surface area contributed by atoms with E-state index in [1.807, 2.05) is 0 Å². The minimum absolute atomic E-state index is 0.114. The number of rotatable bonds is 4. The first-order valence-corrected chi connectivity index (χ1v) is 7.19. The molecule has 2 fully saturated rings. The van der Waals surface area contributed by atoms with Gasteiger partial charge in [0.1, 0.15) is 0 Å². The van der Waals surface area contributed by atoms with Gasteiger partial charge in [-0.1, -0.05) is 0 Å². The SMILES string of the molecule is ClCC1(CCl)COC1.ClCC1(CCl)COC1. The van der Waals surface area contributed by atoms with E-state index in [1.165, 1.54) is 0 Å². The van der Waals surface area contributed by atoms with Crippen LogP contribution in [0.3, 0.4) is 0 Å². The van der Waals surface area contributed by atoms with Gasteiger partial charge in [0.05, 0.1) is 26.4 Å². The van der Waals surface area contributed by atoms with Crippen LogP contribution in [0.5, 0.6) is 0 Å². The summed E-state index contributed by atoms with van der Waals surface area (Å²) < 4.78 is 9.90. The molecule has 2 aliphatic rings. The van der Waals surface area contributed by atoms with Crippen LogP contribution in [0.25, 0.3) is 0 Å². The fourth-order valence-corrected chi connectivity index (χ4v) is 2.35. The van der Waals surface area contributed by atoms with Gasteiger partial charge in [-0.2, -0.15) is 0 Å². The molecule has 96 valence electrons. The standard InChI is InChI=1S/2C5H8Cl2O/c2*6-1-5(2-7)3-8-4-5/h2*1-4H2. The van der Waals surface area contributed by atoms with Crippen molar-refractivity contribution in [3.8, 4) is 0 Å². The number of hydrogen-bond acceptors (Lipinski definition) is 2. The lowest BCUT2D eigenvalue weighted by molar-refractivity contribution is -0.0846. The van der Waals surface area contributed by atoms with E-state index >= 15 is 0 Å². The van der Waals surface area contributed by atoms with Gasteiger partial charge in [0.2, 0.25) is 0 Å². The highest BCUT2D eigenvalue weighted by molar-refractivity contribution is 6.21. The van der Waals surface area contributed by atoms with Crippen molar-refractivity contribution in [3.05, 3.63) is 0 Å². The number of hydrogen-bond donors (Lipinski definition) is 0. The van der Waals surface area contributed by atoms with Gasteiger partial charge in [-0.25, -0.2) is 0 Å². The summed E-state index contributed by atoms with van der Waals surface area (Å²) in [6.07, 6.45) is 0. The first-order valence-electron chi connectivity index (χ1n) is 5.05. The Labute approximate surface area is 116 Å². The van der Waals surface area contributed by atoms with Crippen molar-refractivity contribution in [2.45, 2.75) is 0 Å². The molecule has 0 aromatic heterocycles. The Balaban J connectivity index is 0.000000160. The summed E-state index contributed by atoms with van der Waals surface area (Å²) in [5.74, 6) is 2.49. The average Bonchev–Trinajstić information content (AvgIpc) is 2.19. The summed E-state index contributed by atoms with van der Waals surface area (Å²) in [7, 11) is 0. The number of halogens is 4. The van der Waals surface area contributed by atoms with Crippen LogP contribution in [-0.2, 0) is 9.47 Å². The van der Waals surface area contributed by atoms with Crippen LogP contribution in [0.15, 0.2) is 0 Å². The molecule has 0 N–H and O–H groups in total. The molecule has 0 unspecified atom stereocenters. The molecule has 0 saturated carbocycles. The molecule has 2 nitrogen and oxygen atoms in total. The minimum Gasteiger partial charge on any atom is -0.380 e. The van der Waals surface area contributed by atoms with Gasteiger partial charge >= 0.3 is 0 Å². The third-order valence-electron chi connectivity index (χ3n) is 2.77. The molecule has 0 amide bonds. The molecule has 2 heterocycles. The first kappa shape index (κ1) is 15.1. The summed E-state index contributed by atoms with van der Waals surface area (Å²) in [6, 6.07) is 0. The second-order valence-electron chi connectivity index (χ2n) is 4.52. The van der Waals surface area contributed by atoms with E-state index in [9.17, 15) is 0 Å². The minimum atomic E-state index is 0.114. The van der Waals surface area contributed by atoms with Gasteiger partial charge in [-0.05, 0) is 0 Å². The number of alkyl halides is 4. The molecule has 2 rings (SSSR count). The smallest absolute Gasteiger partial charge is 0.0567 e. The van der Waals surface area contributed by atoms with Gasteiger partial charge in [0, 0.05) is 34.3 Å². The average molecular weight is 310 g/mol. The van der Waals surface area contributed by atoms with Gasteiger partial charge in [-0.15, -0.1) is 46.4 Å². The van der Waals surface area contributed by atoms with Gasteiger partial charge in [0.25, 0.3) is 0 Å². The van der Waals surface area contributed by atoms with Crippen LogP contribution in [0, 0.1) is 10.8 Å². The predicted molar refractivity (Wildman–Crippen MR) is 69.4 cm³/mol. The van der Waals surface area contributed by atoms with Crippen molar-refractivity contribution < 1.29 is 9.47 Å². The van der Waals surface area contributed by atoms with Gasteiger partial charge in [-0.3, -0.25) is 0 Å². The molecule has 6 heteroatoms. The van der Waals surface area contributed by atoms with Gasteiger partial charge in [0.15, 0.2) is 0 Å². The largest absolute Gasteiger partial charge is 0.380 e. The topological polar surface area (TPSA) is 18.5 Å². The Morgan fingerprint density at radius 1 is 0.625 bits per heavy atom. The molecule has 0 aliphatic carbocycles. The molecule has 0 atom stereocenters. The monoisotopic (exact) mass is 308 g/mol. The summed E-state index contributed by atoms with van der Waals surface area (Å²) in [5.41, 5.74) is 0.228. The molecule has 2 saturated heterocycles. The van der Waals surface area contributed by atoms with Crippen molar-refractivity contribution in [1.82, 2.24) is 0 Å². The maximum Gasteiger partial charge on any atom is 0.0567 e. The molecule has 0 aromatic rings. The van der Waals surface area contributed by atoms with E-state index < -0.39 is 0 Å².